The molecule has 1 heterocycles. The molecule has 0 spiro atoms. The maximum absolute atomic E-state index is 12.7. The molecule has 0 fully saturated rings. The zero-order chi connectivity index (χ0) is 18.7. The SMILES string of the molecule is C[C@H](NC(=O)c1ccccc1-c1ncc[nH]1)c1ccc(S(C)(=O)=O)cc1. The second kappa shape index (κ2) is 7.13. The van der Waals surface area contributed by atoms with E-state index in [4.69, 9.17) is 0 Å². The molecular formula is C19H19N3O3S. The van der Waals surface area contributed by atoms with Gasteiger partial charge in [0.1, 0.15) is 5.82 Å². The number of rotatable bonds is 5. The normalized spacial score (nSPS) is 12.5. The van der Waals surface area contributed by atoms with Gasteiger partial charge in [0.05, 0.1) is 16.5 Å². The molecule has 3 aromatic rings. The number of imidazole rings is 1. The molecule has 0 unspecified atom stereocenters. The van der Waals surface area contributed by atoms with E-state index in [1.807, 2.05) is 19.1 Å². The molecule has 134 valence electrons. The van der Waals surface area contributed by atoms with Crippen molar-refractivity contribution >= 4 is 15.7 Å². The first kappa shape index (κ1) is 17.9. The monoisotopic (exact) mass is 369 g/mol. The number of hydrogen-bond donors (Lipinski definition) is 2. The van der Waals surface area contributed by atoms with Gasteiger partial charge >= 0.3 is 0 Å². The summed E-state index contributed by atoms with van der Waals surface area (Å²) in [5, 5.41) is 2.94. The van der Waals surface area contributed by atoms with Crippen molar-refractivity contribution in [2.75, 3.05) is 6.26 Å². The van der Waals surface area contributed by atoms with E-state index >= 15 is 0 Å². The van der Waals surface area contributed by atoms with Crippen LogP contribution in [-0.2, 0) is 9.84 Å². The van der Waals surface area contributed by atoms with E-state index in [2.05, 4.69) is 15.3 Å². The molecule has 0 radical (unpaired) electrons. The fourth-order valence-corrected chi connectivity index (χ4v) is 3.29. The van der Waals surface area contributed by atoms with Gasteiger partial charge in [-0.15, -0.1) is 0 Å². The average molecular weight is 369 g/mol. The summed E-state index contributed by atoms with van der Waals surface area (Å²) in [6.07, 6.45) is 4.50. The number of carbonyl (C=O) groups excluding carboxylic acids is 1. The van der Waals surface area contributed by atoms with Gasteiger partial charge in [0.2, 0.25) is 0 Å². The highest BCUT2D eigenvalue weighted by Gasteiger charge is 2.17. The molecule has 3 rings (SSSR count). The quantitative estimate of drug-likeness (QED) is 0.723. The first-order valence-corrected chi connectivity index (χ1v) is 9.95. The van der Waals surface area contributed by atoms with E-state index in [1.165, 1.54) is 6.26 Å². The van der Waals surface area contributed by atoms with Crippen LogP contribution in [0.5, 0.6) is 0 Å². The average Bonchev–Trinajstić information content (AvgIpc) is 3.15. The lowest BCUT2D eigenvalue weighted by Gasteiger charge is -2.16. The second-order valence-electron chi connectivity index (χ2n) is 6.02. The van der Waals surface area contributed by atoms with E-state index in [-0.39, 0.29) is 16.8 Å². The Morgan fingerprint density at radius 2 is 1.81 bits per heavy atom. The zero-order valence-electron chi connectivity index (χ0n) is 14.4. The van der Waals surface area contributed by atoms with Crippen LogP contribution in [0.1, 0.15) is 28.9 Å². The predicted octanol–water partition coefficient (Wildman–Crippen LogP) is 2.97. The molecule has 0 saturated heterocycles. The summed E-state index contributed by atoms with van der Waals surface area (Å²) >= 11 is 0. The summed E-state index contributed by atoms with van der Waals surface area (Å²) in [6.45, 7) is 1.85. The molecule has 0 bridgehead atoms. The third-order valence-corrected chi connectivity index (χ3v) is 5.21. The standard InChI is InChI=1S/C19H19N3O3S/c1-13(14-7-9-15(10-8-14)26(2,24)25)22-19(23)17-6-4-3-5-16(17)18-20-11-12-21-18/h3-13H,1-2H3,(H,20,21)(H,22,23)/t13-/m0/s1. The number of hydrogen-bond acceptors (Lipinski definition) is 4. The van der Waals surface area contributed by atoms with Crippen molar-refractivity contribution in [1.82, 2.24) is 15.3 Å². The molecule has 26 heavy (non-hydrogen) atoms. The number of amides is 1. The highest BCUT2D eigenvalue weighted by Crippen LogP contribution is 2.22. The first-order chi connectivity index (χ1) is 12.4. The van der Waals surface area contributed by atoms with Crippen molar-refractivity contribution in [3.05, 3.63) is 72.1 Å². The summed E-state index contributed by atoms with van der Waals surface area (Å²) in [5.41, 5.74) is 2.05. The van der Waals surface area contributed by atoms with Crippen molar-refractivity contribution in [2.45, 2.75) is 17.9 Å². The zero-order valence-corrected chi connectivity index (χ0v) is 15.2. The summed E-state index contributed by atoms with van der Waals surface area (Å²) in [4.78, 5) is 20.2. The number of nitrogens with one attached hydrogen (secondary N) is 2. The van der Waals surface area contributed by atoms with E-state index in [1.54, 1.807) is 48.8 Å². The minimum atomic E-state index is -3.24. The topological polar surface area (TPSA) is 91.9 Å². The fraction of sp³-hybridized carbons (Fsp3) is 0.158. The molecule has 1 aromatic heterocycles. The third-order valence-electron chi connectivity index (χ3n) is 4.08. The largest absolute Gasteiger partial charge is 0.345 e. The Morgan fingerprint density at radius 3 is 2.42 bits per heavy atom. The summed E-state index contributed by atoms with van der Waals surface area (Å²) < 4.78 is 23.1. The van der Waals surface area contributed by atoms with Crippen LogP contribution < -0.4 is 5.32 Å². The number of sulfone groups is 1. The molecule has 1 amide bonds. The van der Waals surface area contributed by atoms with Gasteiger partial charge in [0.15, 0.2) is 9.84 Å². The molecule has 2 N–H and O–H groups in total. The van der Waals surface area contributed by atoms with Gasteiger partial charge in [-0.25, -0.2) is 13.4 Å². The van der Waals surface area contributed by atoms with Gasteiger partial charge in [-0.2, -0.15) is 0 Å². The lowest BCUT2D eigenvalue weighted by Crippen LogP contribution is -2.27. The smallest absolute Gasteiger partial charge is 0.252 e. The Morgan fingerprint density at radius 1 is 1.12 bits per heavy atom. The van der Waals surface area contributed by atoms with Crippen LogP contribution >= 0.6 is 0 Å². The molecule has 7 heteroatoms. The Hall–Kier alpha value is -2.93. The molecule has 1 atom stereocenters. The van der Waals surface area contributed by atoms with E-state index < -0.39 is 9.84 Å². The number of aromatic amines is 1. The van der Waals surface area contributed by atoms with Crippen LogP contribution in [0, 0.1) is 0 Å². The number of carbonyl (C=O) groups is 1. The second-order valence-corrected chi connectivity index (χ2v) is 8.04. The minimum absolute atomic E-state index is 0.225. The minimum Gasteiger partial charge on any atom is -0.345 e. The maximum Gasteiger partial charge on any atom is 0.252 e. The Balaban J connectivity index is 1.80. The van der Waals surface area contributed by atoms with Crippen LogP contribution in [0.4, 0.5) is 0 Å². The van der Waals surface area contributed by atoms with Crippen LogP contribution in [0.2, 0.25) is 0 Å². The van der Waals surface area contributed by atoms with Crippen LogP contribution in [0.25, 0.3) is 11.4 Å². The van der Waals surface area contributed by atoms with E-state index in [0.717, 1.165) is 11.1 Å². The molecule has 0 aliphatic heterocycles. The highest BCUT2D eigenvalue weighted by atomic mass is 32.2. The predicted molar refractivity (Wildman–Crippen MR) is 99.5 cm³/mol. The Labute approximate surface area is 152 Å². The summed E-state index contributed by atoms with van der Waals surface area (Å²) in [5.74, 6) is 0.401. The molecule has 6 nitrogen and oxygen atoms in total. The summed E-state index contributed by atoms with van der Waals surface area (Å²) in [7, 11) is -3.24. The van der Waals surface area contributed by atoms with Gasteiger partial charge in [0.25, 0.3) is 5.91 Å². The molecule has 0 saturated carbocycles. The van der Waals surface area contributed by atoms with Crippen molar-refractivity contribution in [1.29, 1.82) is 0 Å². The van der Waals surface area contributed by atoms with E-state index in [9.17, 15) is 13.2 Å². The maximum atomic E-state index is 12.7. The van der Waals surface area contributed by atoms with E-state index in [0.29, 0.717) is 11.4 Å². The lowest BCUT2D eigenvalue weighted by atomic mass is 10.0. The fourth-order valence-electron chi connectivity index (χ4n) is 2.66. The number of nitrogens with zero attached hydrogens (tertiary/aromatic N) is 1. The van der Waals surface area contributed by atoms with Crippen molar-refractivity contribution in [2.24, 2.45) is 0 Å². The third kappa shape index (κ3) is 3.83. The molecular weight excluding hydrogens is 350 g/mol. The van der Waals surface area contributed by atoms with Gasteiger partial charge in [-0.05, 0) is 30.7 Å². The number of benzene rings is 2. The van der Waals surface area contributed by atoms with Crippen LogP contribution in [-0.4, -0.2) is 30.5 Å². The van der Waals surface area contributed by atoms with Crippen molar-refractivity contribution in [3.8, 4) is 11.4 Å². The first-order valence-electron chi connectivity index (χ1n) is 8.06. The van der Waals surface area contributed by atoms with Crippen LogP contribution in [0.15, 0.2) is 65.8 Å². The van der Waals surface area contributed by atoms with Gasteiger partial charge in [-0.3, -0.25) is 4.79 Å². The van der Waals surface area contributed by atoms with Crippen molar-refractivity contribution in [3.63, 3.8) is 0 Å². The van der Waals surface area contributed by atoms with Gasteiger partial charge in [-0.1, -0.05) is 30.3 Å². The molecule has 0 aliphatic carbocycles. The van der Waals surface area contributed by atoms with Gasteiger partial charge in [0, 0.05) is 24.2 Å². The summed E-state index contributed by atoms with van der Waals surface area (Å²) in [6, 6.07) is 13.5. The molecule has 0 aliphatic rings. The Bertz CT molecular complexity index is 1010. The van der Waals surface area contributed by atoms with Crippen LogP contribution in [0.3, 0.4) is 0 Å². The molecule has 2 aromatic carbocycles. The van der Waals surface area contributed by atoms with Crippen molar-refractivity contribution < 1.29 is 13.2 Å². The van der Waals surface area contributed by atoms with Gasteiger partial charge < -0.3 is 10.3 Å². The highest BCUT2D eigenvalue weighted by molar-refractivity contribution is 7.90. The lowest BCUT2D eigenvalue weighted by molar-refractivity contribution is 0.0940. The number of aromatic nitrogens is 2. The Kier molecular flexibility index (Phi) is 4.90. The number of H-pyrrole nitrogens is 1.